The zero-order valence-corrected chi connectivity index (χ0v) is 13.7. The van der Waals surface area contributed by atoms with E-state index in [2.05, 4.69) is 29.9 Å². The van der Waals surface area contributed by atoms with Crippen molar-refractivity contribution in [1.82, 2.24) is 19.2 Å². The Balaban J connectivity index is 1.83. The molecule has 1 saturated heterocycles. The van der Waals surface area contributed by atoms with Crippen LogP contribution in [-0.4, -0.2) is 44.5 Å². The molecule has 1 aliphatic carbocycles. The molecule has 2 fully saturated rings. The van der Waals surface area contributed by atoms with Crippen LogP contribution in [0.2, 0.25) is 0 Å². The number of hydrogen-bond acceptors (Lipinski definition) is 4. The van der Waals surface area contributed by atoms with Gasteiger partial charge in [-0.3, -0.25) is 9.47 Å². The number of rotatable bonds is 5. The first-order valence-electron chi connectivity index (χ1n) is 7.74. The molecule has 1 aromatic rings. The maximum absolute atomic E-state index is 5.69. The van der Waals surface area contributed by atoms with E-state index in [9.17, 15) is 0 Å². The van der Waals surface area contributed by atoms with Crippen LogP contribution in [-0.2, 0) is 18.0 Å². The number of nitrogens with zero attached hydrogens (tertiary/aromatic N) is 4. The third-order valence-corrected chi connectivity index (χ3v) is 4.69. The quantitative estimate of drug-likeness (QED) is 0.618. The minimum absolute atomic E-state index is 0.272. The topological polar surface area (TPSA) is 35.2 Å². The molecule has 1 saturated carbocycles. The molecule has 6 heteroatoms. The average Bonchev–Trinajstić information content (AvgIpc) is 3.25. The van der Waals surface area contributed by atoms with Crippen LogP contribution in [0.4, 0.5) is 0 Å². The van der Waals surface area contributed by atoms with Gasteiger partial charge in [0.1, 0.15) is 5.82 Å². The molecule has 1 aromatic heterocycles. The summed E-state index contributed by atoms with van der Waals surface area (Å²) >= 11 is 5.62. The van der Waals surface area contributed by atoms with Gasteiger partial charge in [-0.05, 0) is 38.9 Å². The molecule has 116 valence electrons. The molecule has 2 atom stereocenters. The van der Waals surface area contributed by atoms with E-state index < -0.39 is 0 Å². The van der Waals surface area contributed by atoms with Crippen LogP contribution in [0.15, 0.2) is 12.7 Å². The Labute approximate surface area is 131 Å². The summed E-state index contributed by atoms with van der Waals surface area (Å²) in [6.07, 6.45) is 4.63. The van der Waals surface area contributed by atoms with Crippen LogP contribution < -0.4 is 0 Å². The van der Waals surface area contributed by atoms with Gasteiger partial charge < -0.3 is 4.74 Å². The van der Waals surface area contributed by atoms with Crippen LogP contribution in [0.5, 0.6) is 0 Å². The largest absolute Gasteiger partial charge is 0.376 e. The van der Waals surface area contributed by atoms with Crippen LogP contribution >= 0.6 is 12.2 Å². The van der Waals surface area contributed by atoms with Crippen molar-refractivity contribution in [3.63, 3.8) is 0 Å². The highest BCUT2D eigenvalue weighted by atomic mass is 32.1. The maximum Gasteiger partial charge on any atom is 0.199 e. The van der Waals surface area contributed by atoms with Crippen LogP contribution in [0, 0.1) is 4.77 Å². The number of ether oxygens (including phenoxy) is 1. The average molecular weight is 308 g/mol. The van der Waals surface area contributed by atoms with Crippen molar-refractivity contribution in [2.24, 2.45) is 0 Å². The molecule has 2 unspecified atom stereocenters. The smallest absolute Gasteiger partial charge is 0.199 e. The molecular formula is C15H24N4OS. The molecule has 0 amide bonds. The number of morpholine rings is 1. The SMILES string of the molecule is C=CCn1c(C2CC2)nn(CN2CC(C)OCC2C)c1=S. The molecule has 1 aliphatic heterocycles. The van der Waals surface area contributed by atoms with Crippen molar-refractivity contribution < 1.29 is 4.74 Å². The van der Waals surface area contributed by atoms with Gasteiger partial charge in [0, 0.05) is 25.0 Å². The summed E-state index contributed by atoms with van der Waals surface area (Å²) < 4.78 is 10.6. The predicted molar refractivity (Wildman–Crippen MR) is 84.8 cm³/mol. The Kier molecular flexibility index (Phi) is 4.28. The second-order valence-corrected chi connectivity index (χ2v) is 6.58. The van der Waals surface area contributed by atoms with Crippen molar-refractivity contribution in [2.75, 3.05) is 13.2 Å². The molecule has 0 bridgehead atoms. The van der Waals surface area contributed by atoms with E-state index in [0.717, 1.165) is 37.0 Å². The zero-order chi connectivity index (χ0) is 15.0. The normalized spacial score (nSPS) is 27.0. The summed E-state index contributed by atoms with van der Waals surface area (Å²) in [5.74, 6) is 1.72. The molecule has 0 N–H and O–H groups in total. The van der Waals surface area contributed by atoms with Crippen LogP contribution in [0.25, 0.3) is 0 Å². The van der Waals surface area contributed by atoms with Crippen molar-refractivity contribution >= 4 is 12.2 Å². The second kappa shape index (κ2) is 6.02. The van der Waals surface area contributed by atoms with Crippen LogP contribution in [0.3, 0.4) is 0 Å². The fraction of sp³-hybridized carbons (Fsp3) is 0.733. The van der Waals surface area contributed by atoms with Gasteiger partial charge in [-0.1, -0.05) is 6.08 Å². The highest BCUT2D eigenvalue weighted by Gasteiger charge is 2.31. The number of aromatic nitrogens is 3. The lowest BCUT2D eigenvalue weighted by molar-refractivity contribution is -0.0625. The first-order chi connectivity index (χ1) is 10.1. The van der Waals surface area contributed by atoms with Gasteiger partial charge in [0.2, 0.25) is 0 Å². The van der Waals surface area contributed by atoms with Crippen molar-refractivity contribution in [3.05, 3.63) is 23.3 Å². The molecular weight excluding hydrogens is 284 g/mol. The Morgan fingerprint density at radius 1 is 1.43 bits per heavy atom. The molecule has 21 heavy (non-hydrogen) atoms. The second-order valence-electron chi connectivity index (χ2n) is 6.22. The number of allylic oxidation sites excluding steroid dienone is 1. The highest BCUT2D eigenvalue weighted by molar-refractivity contribution is 7.71. The molecule has 0 radical (unpaired) electrons. The summed E-state index contributed by atoms with van der Waals surface area (Å²) in [6.45, 7) is 11.3. The fourth-order valence-corrected chi connectivity index (χ4v) is 3.10. The molecule has 2 heterocycles. The summed E-state index contributed by atoms with van der Waals surface area (Å²) in [6, 6.07) is 0.400. The Hall–Kier alpha value is -0.980. The Morgan fingerprint density at radius 2 is 2.19 bits per heavy atom. The summed E-state index contributed by atoms with van der Waals surface area (Å²) in [7, 11) is 0. The number of hydrogen-bond donors (Lipinski definition) is 0. The zero-order valence-electron chi connectivity index (χ0n) is 12.9. The van der Waals surface area contributed by atoms with Gasteiger partial charge in [0.15, 0.2) is 4.77 Å². The third-order valence-electron chi connectivity index (χ3n) is 4.26. The minimum Gasteiger partial charge on any atom is -0.376 e. The molecule has 2 aliphatic rings. The maximum atomic E-state index is 5.69. The summed E-state index contributed by atoms with van der Waals surface area (Å²) in [4.78, 5) is 2.39. The Bertz CT molecular complexity index is 575. The first kappa shape index (κ1) is 14.9. The standard InChI is InChI=1S/C15H24N4OS/c1-4-7-18-14(13-5-6-13)16-19(15(18)21)10-17-8-12(3)20-9-11(17)2/h4,11-13H,1,5-10H2,2-3H3. The van der Waals surface area contributed by atoms with E-state index in [1.807, 2.05) is 10.8 Å². The van der Waals surface area contributed by atoms with Crippen molar-refractivity contribution in [2.45, 2.75) is 58.0 Å². The summed E-state index contributed by atoms with van der Waals surface area (Å²) in [5, 5.41) is 4.79. The van der Waals surface area contributed by atoms with Crippen LogP contribution in [0.1, 0.15) is 38.4 Å². The molecule has 0 aromatic carbocycles. The lowest BCUT2D eigenvalue weighted by Crippen LogP contribution is -2.47. The van der Waals surface area contributed by atoms with Gasteiger partial charge in [0.05, 0.1) is 19.4 Å². The highest BCUT2D eigenvalue weighted by Crippen LogP contribution is 2.39. The summed E-state index contributed by atoms with van der Waals surface area (Å²) in [5.41, 5.74) is 0. The minimum atomic E-state index is 0.272. The van der Waals surface area contributed by atoms with Gasteiger partial charge in [0.25, 0.3) is 0 Å². The third kappa shape index (κ3) is 3.12. The Morgan fingerprint density at radius 3 is 2.86 bits per heavy atom. The van der Waals surface area contributed by atoms with E-state index in [0.29, 0.717) is 12.0 Å². The van der Waals surface area contributed by atoms with Crippen molar-refractivity contribution in [3.8, 4) is 0 Å². The van der Waals surface area contributed by atoms with Gasteiger partial charge in [-0.25, -0.2) is 4.68 Å². The van der Waals surface area contributed by atoms with Gasteiger partial charge in [-0.15, -0.1) is 6.58 Å². The predicted octanol–water partition coefficient (Wildman–Crippen LogP) is 2.54. The van der Waals surface area contributed by atoms with E-state index in [1.54, 1.807) is 0 Å². The van der Waals surface area contributed by atoms with Crippen molar-refractivity contribution in [1.29, 1.82) is 0 Å². The van der Waals surface area contributed by atoms with E-state index in [-0.39, 0.29) is 6.10 Å². The van der Waals surface area contributed by atoms with Gasteiger partial charge in [-0.2, -0.15) is 5.10 Å². The van der Waals surface area contributed by atoms with E-state index >= 15 is 0 Å². The molecule has 0 spiro atoms. The lowest BCUT2D eigenvalue weighted by atomic mass is 10.2. The fourth-order valence-electron chi connectivity index (χ4n) is 2.84. The monoisotopic (exact) mass is 308 g/mol. The van der Waals surface area contributed by atoms with E-state index in [4.69, 9.17) is 22.1 Å². The van der Waals surface area contributed by atoms with E-state index in [1.165, 1.54) is 12.8 Å². The molecule has 5 nitrogen and oxygen atoms in total. The first-order valence-corrected chi connectivity index (χ1v) is 8.15. The van der Waals surface area contributed by atoms with Gasteiger partial charge >= 0.3 is 0 Å². The molecule has 3 rings (SSSR count). The lowest BCUT2D eigenvalue weighted by Gasteiger charge is -2.36.